The van der Waals surface area contributed by atoms with Crippen molar-refractivity contribution >= 4 is 12.0 Å². The van der Waals surface area contributed by atoms with Crippen LogP contribution in [-0.2, 0) is 16.1 Å². The van der Waals surface area contributed by atoms with Gasteiger partial charge in [-0.15, -0.1) is 0 Å². The molecule has 2 aliphatic heterocycles. The average molecular weight is 310 g/mol. The Morgan fingerprint density at radius 1 is 1.13 bits per heavy atom. The van der Waals surface area contributed by atoms with Crippen molar-refractivity contribution in [3.8, 4) is 5.75 Å². The molecule has 0 spiro atoms. The molecule has 0 radical (unpaired) electrons. The standard InChI is InChI=1S/C13H16O2.C7H6O/c1-2-3-11-15-13(14)10-9-12-7-5-4-6-8-12;1-3-7-4-2-6(1)5-8-7/h4-10H,2-3,11H2,1H3;1-4H,5H2. The number of hydrogen-bond acceptors (Lipinski definition) is 3. The lowest BCUT2D eigenvalue weighted by Gasteiger charge is -2.11. The zero-order valence-electron chi connectivity index (χ0n) is 13.4. The summed E-state index contributed by atoms with van der Waals surface area (Å²) < 4.78 is 10.2. The molecular weight excluding hydrogens is 288 g/mol. The summed E-state index contributed by atoms with van der Waals surface area (Å²) in [7, 11) is 0. The van der Waals surface area contributed by atoms with Gasteiger partial charge < -0.3 is 9.47 Å². The van der Waals surface area contributed by atoms with Gasteiger partial charge in [-0.1, -0.05) is 55.8 Å². The number of hydrogen-bond donors (Lipinski definition) is 0. The van der Waals surface area contributed by atoms with Crippen LogP contribution in [0.15, 0.2) is 60.7 Å². The first-order valence-electron chi connectivity index (χ1n) is 7.89. The van der Waals surface area contributed by atoms with E-state index in [0.717, 1.165) is 30.8 Å². The molecule has 120 valence electrons. The molecule has 0 unspecified atom stereocenters. The fraction of sp³-hybridized carbons (Fsp3) is 0.250. The summed E-state index contributed by atoms with van der Waals surface area (Å²) in [5.74, 6) is 0.715. The van der Waals surface area contributed by atoms with Gasteiger partial charge in [-0.3, -0.25) is 0 Å². The predicted octanol–water partition coefficient (Wildman–Crippen LogP) is 4.62. The molecule has 2 bridgehead atoms. The minimum Gasteiger partial charge on any atom is -0.489 e. The van der Waals surface area contributed by atoms with E-state index in [-0.39, 0.29) is 5.97 Å². The highest BCUT2D eigenvalue weighted by Crippen LogP contribution is 2.19. The third-order valence-electron chi connectivity index (χ3n) is 3.28. The van der Waals surface area contributed by atoms with Crippen molar-refractivity contribution < 1.29 is 14.3 Å². The molecule has 3 nitrogen and oxygen atoms in total. The Bertz CT molecular complexity index is 592. The molecule has 0 atom stereocenters. The van der Waals surface area contributed by atoms with Gasteiger partial charge in [0.25, 0.3) is 0 Å². The molecule has 0 amide bonds. The second-order valence-corrected chi connectivity index (χ2v) is 5.20. The van der Waals surface area contributed by atoms with E-state index in [4.69, 9.17) is 9.47 Å². The van der Waals surface area contributed by atoms with Crippen LogP contribution in [0.25, 0.3) is 6.08 Å². The lowest BCUT2D eigenvalue weighted by molar-refractivity contribution is -0.137. The fourth-order valence-corrected chi connectivity index (χ4v) is 1.94. The maximum atomic E-state index is 11.2. The fourth-order valence-electron chi connectivity index (χ4n) is 1.94. The van der Waals surface area contributed by atoms with Crippen molar-refractivity contribution in [3.05, 3.63) is 71.8 Å². The Hall–Kier alpha value is -2.55. The van der Waals surface area contributed by atoms with E-state index in [1.54, 1.807) is 6.08 Å². The first-order valence-corrected chi connectivity index (χ1v) is 7.89. The number of fused-ring (bicyclic) bond motifs is 3. The maximum Gasteiger partial charge on any atom is 0.330 e. The van der Waals surface area contributed by atoms with Crippen molar-refractivity contribution in [1.82, 2.24) is 0 Å². The highest BCUT2D eigenvalue weighted by molar-refractivity contribution is 5.86. The SMILES string of the molecule is CCCCOC(=O)C=Cc1ccccc1.c1cc2ccc1CO2. The molecule has 0 aromatic heterocycles. The number of unbranched alkanes of at least 4 members (excludes halogenated alkanes) is 1. The Labute approximate surface area is 137 Å². The molecule has 23 heavy (non-hydrogen) atoms. The number of carbonyl (C=O) groups is 1. The first kappa shape index (κ1) is 16.8. The topological polar surface area (TPSA) is 35.5 Å². The number of esters is 1. The van der Waals surface area contributed by atoms with Gasteiger partial charge in [-0.25, -0.2) is 4.79 Å². The van der Waals surface area contributed by atoms with Crippen molar-refractivity contribution in [2.24, 2.45) is 0 Å². The van der Waals surface area contributed by atoms with Crippen LogP contribution in [0.2, 0.25) is 0 Å². The average Bonchev–Trinajstić information content (AvgIpc) is 2.63. The van der Waals surface area contributed by atoms with E-state index >= 15 is 0 Å². The molecule has 3 heteroatoms. The maximum absolute atomic E-state index is 11.2. The Balaban J connectivity index is 0.000000198. The summed E-state index contributed by atoms with van der Waals surface area (Å²) in [5.41, 5.74) is 2.27. The molecule has 0 N–H and O–H groups in total. The normalized spacial score (nSPS) is 11.5. The van der Waals surface area contributed by atoms with Gasteiger partial charge in [0.2, 0.25) is 0 Å². The molecule has 2 aliphatic rings. The van der Waals surface area contributed by atoms with Gasteiger partial charge in [-0.05, 0) is 35.8 Å². The van der Waals surface area contributed by atoms with Crippen molar-refractivity contribution in [3.63, 3.8) is 0 Å². The lowest BCUT2D eigenvalue weighted by Crippen LogP contribution is -2.01. The number of ether oxygens (including phenoxy) is 2. The summed E-state index contributed by atoms with van der Waals surface area (Å²) in [4.78, 5) is 11.2. The van der Waals surface area contributed by atoms with E-state index < -0.39 is 0 Å². The van der Waals surface area contributed by atoms with E-state index in [1.165, 1.54) is 11.6 Å². The second-order valence-electron chi connectivity index (χ2n) is 5.20. The third-order valence-corrected chi connectivity index (χ3v) is 3.28. The molecule has 2 aromatic rings. The summed E-state index contributed by atoms with van der Waals surface area (Å²) in [5, 5.41) is 0. The zero-order chi connectivity index (χ0) is 16.3. The van der Waals surface area contributed by atoms with E-state index in [9.17, 15) is 4.79 Å². The summed E-state index contributed by atoms with van der Waals surface area (Å²) in [6, 6.07) is 17.8. The molecule has 0 fully saturated rings. The molecule has 4 rings (SSSR count). The van der Waals surface area contributed by atoms with Crippen LogP contribution >= 0.6 is 0 Å². The van der Waals surface area contributed by atoms with E-state index in [1.807, 2.05) is 42.5 Å². The molecule has 0 aliphatic carbocycles. The van der Waals surface area contributed by atoms with Gasteiger partial charge in [0, 0.05) is 6.08 Å². The van der Waals surface area contributed by atoms with Crippen LogP contribution in [0.5, 0.6) is 5.75 Å². The molecule has 2 heterocycles. The first-order chi connectivity index (χ1) is 11.3. The Kier molecular flexibility index (Phi) is 6.92. The van der Waals surface area contributed by atoms with Gasteiger partial charge in [0.1, 0.15) is 12.4 Å². The van der Waals surface area contributed by atoms with Gasteiger partial charge in [0.05, 0.1) is 6.61 Å². The monoisotopic (exact) mass is 310 g/mol. The summed E-state index contributed by atoms with van der Waals surface area (Å²) in [6.45, 7) is 3.34. The van der Waals surface area contributed by atoms with Crippen LogP contribution in [0.1, 0.15) is 30.9 Å². The minimum atomic E-state index is -0.271. The summed E-state index contributed by atoms with van der Waals surface area (Å²) >= 11 is 0. The molecule has 0 saturated carbocycles. The van der Waals surface area contributed by atoms with Crippen LogP contribution in [0, 0.1) is 0 Å². The van der Waals surface area contributed by atoms with Gasteiger partial charge in [0.15, 0.2) is 0 Å². The van der Waals surface area contributed by atoms with Crippen molar-refractivity contribution in [2.45, 2.75) is 26.4 Å². The smallest absolute Gasteiger partial charge is 0.330 e. The van der Waals surface area contributed by atoms with Crippen molar-refractivity contribution in [1.29, 1.82) is 0 Å². The molecule has 2 aromatic carbocycles. The number of rotatable bonds is 5. The van der Waals surface area contributed by atoms with Crippen LogP contribution < -0.4 is 4.74 Å². The third kappa shape index (κ3) is 6.39. The Morgan fingerprint density at radius 3 is 2.35 bits per heavy atom. The number of carbonyl (C=O) groups excluding carboxylic acids is 1. The highest BCUT2D eigenvalue weighted by atomic mass is 16.5. The summed E-state index contributed by atoms with van der Waals surface area (Å²) in [6.07, 6.45) is 5.18. The van der Waals surface area contributed by atoms with Gasteiger partial charge >= 0.3 is 5.97 Å². The Morgan fingerprint density at radius 2 is 1.87 bits per heavy atom. The van der Waals surface area contributed by atoms with E-state index in [2.05, 4.69) is 19.1 Å². The number of benzene rings is 2. The zero-order valence-corrected chi connectivity index (χ0v) is 13.4. The molecule has 0 saturated heterocycles. The highest BCUT2D eigenvalue weighted by Gasteiger charge is 2.01. The second kappa shape index (κ2) is 9.46. The van der Waals surface area contributed by atoms with E-state index in [0.29, 0.717) is 6.61 Å². The largest absolute Gasteiger partial charge is 0.489 e. The van der Waals surface area contributed by atoms with Crippen molar-refractivity contribution in [2.75, 3.05) is 6.61 Å². The lowest BCUT2D eigenvalue weighted by atomic mass is 10.2. The van der Waals surface area contributed by atoms with Crippen LogP contribution in [-0.4, -0.2) is 12.6 Å². The van der Waals surface area contributed by atoms with Crippen LogP contribution in [0.3, 0.4) is 0 Å². The predicted molar refractivity (Wildman–Crippen MR) is 92.1 cm³/mol. The quantitative estimate of drug-likeness (QED) is 0.459. The van der Waals surface area contributed by atoms with Gasteiger partial charge in [-0.2, -0.15) is 0 Å². The minimum absolute atomic E-state index is 0.271. The van der Waals surface area contributed by atoms with Crippen LogP contribution in [0.4, 0.5) is 0 Å². The molecular formula is C20H22O3.